The van der Waals surface area contributed by atoms with Gasteiger partial charge in [-0.1, -0.05) is 36.4 Å². The molecular weight excluding hydrogens is 270 g/mol. The molecule has 2 aromatic carbocycles. The van der Waals surface area contributed by atoms with E-state index in [0.29, 0.717) is 6.61 Å². The molecular formula is C20H19NO. The normalized spacial score (nSPS) is 15.4. The maximum absolute atomic E-state index is 5.93. The number of nitrogens with zero attached hydrogens (tertiary/aromatic N) is 1. The van der Waals surface area contributed by atoms with Crippen LogP contribution in [-0.2, 0) is 13.2 Å². The summed E-state index contributed by atoms with van der Waals surface area (Å²) in [6, 6.07) is 19.0. The van der Waals surface area contributed by atoms with E-state index >= 15 is 0 Å². The van der Waals surface area contributed by atoms with Crippen LogP contribution in [0, 0.1) is 0 Å². The molecule has 3 aromatic rings. The third-order valence-electron chi connectivity index (χ3n) is 4.40. The van der Waals surface area contributed by atoms with Gasteiger partial charge in [-0.15, -0.1) is 0 Å². The van der Waals surface area contributed by atoms with E-state index in [9.17, 15) is 0 Å². The number of hydrogen-bond donors (Lipinski definition) is 0. The minimum atomic E-state index is 0.611. The third kappa shape index (κ3) is 2.21. The van der Waals surface area contributed by atoms with Gasteiger partial charge in [-0.2, -0.15) is 0 Å². The Kier molecular flexibility index (Phi) is 3.23. The molecule has 0 N–H and O–H groups in total. The Morgan fingerprint density at radius 1 is 1.09 bits per heavy atom. The van der Waals surface area contributed by atoms with Crippen molar-refractivity contribution < 1.29 is 4.74 Å². The lowest BCUT2D eigenvalue weighted by Crippen LogP contribution is -1.95. The van der Waals surface area contributed by atoms with Gasteiger partial charge in [-0.25, -0.2) is 0 Å². The highest BCUT2D eigenvalue weighted by atomic mass is 16.5. The van der Waals surface area contributed by atoms with E-state index < -0.39 is 0 Å². The number of hydrogen-bond acceptors (Lipinski definition) is 1. The summed E-state index contributed by atoms with van der Waals surface area (Å²) in [5.74, 6) is 0.933. The lowest BCUT2D eigenvalue weighted by molar-refractivity contribution is 0.306. The van der Waals surface area contributed by atoms with Crippen molar-refractivity contribution in [3.8, 4) is 5.75 Å². The van der Waals surface area contributed by atoms with Crippen LogP contribution in [0.3, 0.4) is 0 Å². The maximum Gasteiger partial charge on any atom is 0.120 e. The quantitative estimate of drug-likeness (QED) is 0.660. The van der Waals surface area contributed by atoms with Gasteiger partial charge in [-0.05, 0) is 48.7 Å². The highest BCUT2D eigenvalue weighted by molar-refractivity contribution is 5.88. The average molecular weight is 289 g/mol. The van der Waals surface area contributed by atoms with E-state index in [-0.39, 0.29) is 0 Å². The first kappa shape index (κ1) is 13.2. The summed E-state index contributed by atoms with van der Waals surface area (Å²) in [7, 11) is 0. The molecule has 2 heterocycles. The maximum atomic E-state index is 5.93. The van der Waals surface area contributed by atoms with Crippen molar-refractivity contribution in [3.63, 3.8) is 0 Å². The summed E-state index contributed by atoms with van der Waals surface area (Å²) < 4.78 is 8.34. The second-order valence-electron chi connectivity index (χ2n) is 5.74. The molecule has 0 bridgehead atoms. The fourth-order valence-corrected chi connectivity index (χ4v) is 3.24. The summed E-state index contributed by atoms with van der Waals surface area (Å²) in [5, 5.41) is 1.26. The van der Waals surface area contributed by atoms with Gasteiger partial charge < -0.3 is 9.30 Å². The van der Waals surface area contributed by atoms with Crippen LogP contribution in [0.5, 0.6) is 5.75 Å². The van der Waals surface area contributed by atoms with Crippen LogP contribution in [0.15, 0.2) is 60.7 Å². The molecule has 2 nitrogen and oxygen atoms in total. The fraction of sp³-hybridized carbons (Fsp3) is 0.200. The fourth-order valence-electron chi connectivity index (χ4n) is 3.24. The van der Waals surface area contributed by atoms with Crippen LogP contribution in [0.25, 0.3) is 16.5 Å². The first-order valence-corrected chi connectivity index (χ1v) is 7.81. The van der Waals surface area contributed by atoms with E-state index in [1.807, 2.05) is 18.2 Å². The molecule has 1 aliphatic heterocycles. The molecule has 0 spiro atoms. The standard InChI is InChI=1S/C20H19NO/c1-2-16-10-11-21-19-9-8-18(12-17(19)13-20(16)21)22-14-15-6-4-3-5-7-15/h2-9,12-13H,10-11,14H2,1H3/b16-2-. The smallest absolute Gasteiger partial charge is 0.120 e. The zero-order chi connectivity index (χ0) is 14.9. The van der Waals surface area contributed by atoms with E-state index in [1.54, 1.807) is 0 Å². The summed E-state index contributed by atoms with van der Waals surface area (Å²) in [6.07, 6.45) is 3.37. The van der Waals surface area contributed by atoms with Gasteiger partial charge in [0.05, 0.1) is 0 Å². The van der Waals surface area contributed by atoms with Crippen molar-refractivity contribution in [2.45, 2.75) is 26.5 Å². The summed E-state index contributed by atoms with van der Waals surface area (Å²) in [4.78, 5) is 0. The van der Waals surface area contributed by atoms with Crippen LogP contribution in [-0.4, -0.2) is 4.57 Å². The number of fused-ring (bicyclic) bond motifs is 3. The topological polar surface area (TPSA) is 14.2 Å². The van der Waals surface area contributed by atoms with Gasteiger partial charge in [0.1, 0.15) is 12.4 Å². The molecule has 0 radical (unpaired) electrons. The van der Waals surface area contributed by atoms with Crippen molar-refractivity contribution in [2.75, 3.05) is 0 Å². The first-order valence-electron chi connectivity index (χ1n) is 7.81. The Balaban J connectivity index is 1.62. The van der Waals surface area contributed by atoms with E-state index in [0.717, 1.165) is 18.7 Å². The zero-order valence-electron chi connectivity index (χ0n) is 12.8. The van der Waals surface area contributed by atoms with Crippen molar-refractivity contribution >= 4 is 16.5 Å². The molecule has 1 aromatic heterocycles. The van der Waals surface area contributed by atoms with Crippen LogP contribution >= 0.6 is 0 Å². The molecule has 0 saturated heterocycles. The Bertz CT molecular complexity index is 843. The molecule has 2 heteroatoms. The van der Waals surface area contributed by atoms with Crippen molar-refractivity contribution in [2.24, 2.45) is 0 Å². The van der Waals surface area contributed by atoms with Crippen LogP contribution in [0.2, 0.25) is 0 Å². The van der Waals surface area contributed by atoms with E-state index in [4.69, 9.17) is 4.74 Å². The molecule has 4 rings (SSSR count). The Labute approximate surface area is 130 Å². The van der Waals surface area contributed by atoms with Crippen LogP contribution in [0.1, 0.15) is 24.6 Å². The Morgan fingerprint density at radius 2 is 1.95 bits per heavy atom. The van der Waals surface area contributed by atoms with Crippen molar-refractivity contribution in [1.29, 1.82) is 0 Å². The minimum absolute atomic E-state index is 0.611. The predicted octanol–water partition coefficient (Wildman–Crippen LogP) is 5.03. The second-order valence-corrected chi connectivity index (χ2v) is 5.74. The van der Waals surface area contributed by atoms with Crippen molar-refractivity contribution in [1.82, 2.24) is 4.57 Å². The summed E-state index contributed by atoms with van der Waals surface area (Å²) in [6.45, 7) is 3.82. The lowest BCUT2D eigenvalue weighted by atomic mass is 10.1. The predicted molar refractivity (Wildman–Crippen MR) is 91.0 cm³/mol. The highest BCUT2D eigenvalue weighted by Gasteiger charge is 2.18. The van der Waals surface area contributed by atoms with E-state index in [1.165, 1.54) is 27.7 Å². The number of ether oxygens (including phenoxy) is 1. The molecule has 0 aliphatic carbocycles. The number of rotatable bonds is 3. The number of benzene rings is 2. The van der Waals surface area contributed by atoms with Gasteiger partial charge in [-0.3, -0.25) is 0 Å². The molecule has 0 unspecified atom stereocenters. The van der Waals surface area contributed by atoms with Gasteiger partial charge in [0.15, 0.2) is 0 Å². The van der Waals surface area contributed by atoms with Gasteiger partial charge >= 0.3 is 0 Å². The first-order chi connectivity index (χ1) is 10.8. The van der Waals surface area contributed by atoms with Gasteiger partial charge in [0.2, 0.25) is 0 Å². The molecule has 0 fully saturated rings. The SMILES string of the molecule is C/C=C1/CCn2c1cc1cc(OCc3ccccc3)ccc12. The Hall–Kier alpha value is -2.48. The number of aryl methyl sites for hydroxylation is 1. The molecule has 0 atom stereocenters. The van der Waals surface area contributed by atoms with E-state index in [2.05, 4.69) is 54.0 Å². The van der Waals surface area contributed by atoms with Crippen LogP contribution < -0.4 is 4.74 Å². The largest absolute Gasteiger partial charge is 0.489 e. The summed E-state index contributed by atoms with van der Waals surface area (Å²) in [5.41, 5.74) is 5.30. The number of allylic oxidation sites excluding steroid dienone is 2. The third-order valence-corrected chi connectivity index (χ3v) is 4.40. The van der Waals surface area contributed by atoms with Crippen LogP contribution in [0.4, 0.5) is 0 Å². The Morgan fingerprint density at radius 3 is 2.77 bits per heavy atom. The van der Waals surface area contributed by atoms with Gasteiger partial charge in [0.25, 0.3) is 0 Å². The van der Waals surface area contributed by atoms with Gasteiger partial charge in [0, 0.05) is 23.1 Å². The number of aromatic nitrogens is 1. The van der Waals surface area contributed by atoms with Crippen molar-refractivity contribution in [3.05, 3.63) is 71.9 Å². The average Bonchev–Trinajstić information content (AvgIpc) is 3.12. The summed E-state index contributed by atoms with van der Waals surface area (Å²) >= 11 is 0. The second kappa shape index (κ2) is 5.38. The monoisotopic (exact) mass is 289 g/mol. The minimum Gasteiger partial charge on any atom is -0.489 e. The zero-order valence-corrected chi connectivity index (χ0v) is 12.8. The molecule has 110 valence electrons. The lowest BCUT2D eigenvalue weighted by Gasteiger charge is -2.07. The molecule has 0 amide bonds. The molecule has 1 aliphatic rings. The highest BCUT2D eigenvalue weighted by Crippen LogP contribution is 2.34. The molecule has 22 heavy (non-hydrogen) atoms. The molecule has 0 saturated carbocycles.